The Hall–Kier alpha value is -1.71. The highest BCUT2D eigenvalue weighted by molar-refractivity contribution is 5.67. The topological polar surface area (TPSA) is 47.6 Å². The summed E-state index contributed by atoms with van der Waals surface area (Å²) in [7, 11) is 0. The summed E-state index contributed by atoms with van der Waals surface area (Å²) in [5, 5.41) is 2.77. The maximum Gasteiger partial charge on any atom is 0.407 e. The molecule has 136 valence electrons. The zero-order valence-electron chi connectivity index (χ0n) is 15.9. The first kappa shape index (κ1) is 20.3. The van der Waals surface area contributed by atoms with Crippen LogP contribution in [-0.2, 0) is 11.3 Å². The molecule has 1 aromatic carbocycles. The number of carbonyl (C=O) groups is 1. The summed E-state index contributed by atoms with van der Waals surface area (Å²) in [5.74, 6) is 1.47. The van der Waals surface area contributed by atoms with Gasteiger partial charge in [-0.2, -0.15) is 0 Å². The highest BCUT2D eigenvalue weighted by Crippen LogP contribution is 2.18. The Morgan fingerprint density at radius 2 is 1.83 bits per heavy atom. The van der Waals surface area contributed by atoms with Crippen LogP contribution < -0.4 is 10.1 Å². The Morgan fingerprint density at radius 3 is 2.42 bits per heavy atom. The third-order valence-corrected chi connectivity index (χ3v) is 3.61. The molecule has 0 atom stereocenters. The number of benzene rings is 1. The molecule has 0 aliphatic heterocycles. The highest BCUT2D eigenvalue weighted by Gasteiger charge is 2.15. The maximum atomic E-state index is 11.7. The van der Waals surface area contributed by atoms with E-state index in [1.807, 2.05) is 45.0 Å². The summed E-state index contributed by atoms with van der Waals surface area (Å²) < 4.78 is 11.2. The van der Waals surface area contributed by atoms with Gasteiger partial charge in [0, 0.05) is 6.54 Å². The minimum atomic E-state index is -0.484. The molecule has 0 aromatic heterocycles. The number of nitrogens with one attached hydrogen (secondary N) is 1. The molecule has 0 heterocycles. The summed E-state index contributed by atoms with van der Waals surface area (Å²) in [4.78, 5) is 11.7. The average Bonchev–Trinajstić information content (AvgIpc) is 2.50. The summed E-state index contributed by atoms with van der Waals surface area (Å²) in [6.45, 7) is 11.2. The first-order chi connectivity index (χ1) is 11.3. The van der Waals surface area contributed by atoms with E-state index in [2.05, 4.69) is 19.2 Å². The van der Waals surface area contributed by atoms with E-state index in [1.54, 1.807) is 0 Å². The first-order valence-corrected chi connectivity index (χ1v) is 9.02. The molecule has 0 saturated heterocycles. The molecule has 1 N–H and O–H groups in total. The third-order valence-electron chi connectivity index (χ3n) is 3.61. The minimum absolute atomic E-state index is 0.403. The van der Waals surface area contributed by atoms with Gasteiger partial charge >= 0.3 is 6.09 Å². The van der Waals surface area contributed by atoms with Crippen LogP contribution >= 0.6 is 0 Å². The van der Waals surface area contributed by atoms with Crippen molar-refractivity contribution in [3.63, 3.8) is 0 Å². The van der Waals surface area contributed by atoms with E-state index in [9.17, 15) is 4.79 Å². The number of carbonyl (C=O) groups excluding carboxylic acids is 1. The number of rotatable bonds is 9. The van der Waals surface area contributed by atoms with Crippen molar-refractivity contribution >= 4 is 6.09 Å². The smallest absolute Gasteiger partial charge is 0.407 e. The standard InChI is InChI=1S/C20H33NO3/c1-6-9-16(10-7-2)15-23-18-12-8-11-17(13-18)14-21-19(22)24-20(3,4)5/h8,11-13,16H,6-7,9-10,14-15H2,1-5H3,(H,21,22). The molecule has 4 nitrogen and oxygen atoms in total. The van der Waals surface area contributed by atoms with Gasteiger partial charge < -0.3 is 14.8 Å². The molecule has 0 aliphatic carbocycles. The molecule has 0 spiro atoms. The monoisotopic (exact) mass is 335 g/mol. The first-order valence-electron chi connectivity index (χ1n) is 9.02. The Kier molecular flexibility index (Phi) is 8.66. The molecule has 1 aromatic rings. The lowest BCUT2D eigenvalue weighted by Crippen LogP contribution is -2.32. The number of alkyl carbamates (subject to hydrolysis) is 1. The Bertz CT molecular complexity index is 488. The van der Waals surface area contributed by atoms with Crippen LogP contribution in [0.4, 0.5) is 4.79 Å². The molecule has 0 saturated carbocycles. The van der Waals surface area contributed by atoms with Crippen molar-refractivity contribution in [1.29, 1.82) is 0 Å². The van der Waals surface area contributed by atoms with Crippen molar-refractivity contribution in [2.24, 2.45) is 5.92 Å². The molecular weight excluding hydrogens is 302 g/mol. The molecule has 1 rings (SSSR count). The molecule has 0 radical (unpaired) electrons. The zero-order chi connectivity index (χ0) is 18.0. The van der Waals surface area contributed by atoms with E-state index in [4.69, 9.17) is 9.47 Å². The molecule has 4 heteroatoms. The number of hydrogen-bond donors (Lipinski definition) is 1. The fraction of sp³-hybridized carbons (Fsp3) is 0.650. The van der Waals surface area contributed by atoms with E-state index in [0.717, 1.165) is 17.9 Å². The summed E-state index contributed by atoms with van der Waals surface area (Å²) in [6.07, 6.45) is 4.38. The lowest BCUT2D eigenvalue weighted by molar-refractivity contribution is 0.0523. The largest absolute Gasteiger partial charge is 0.493 e. The van der Waals surface area contributed by atoms with E-state index in [0.29, 0.717) is 12.5 Å². The maximum absolute atomic E-state index is 11.7. The van der Waals surface area contributed by atoms with Gasteiger partial charge in [0.1, 0.15) is 11.4 Å². The highest BCUT2D eigenvalue weighted by atomic mass is 16.6. The molecule has 0 unspecified atom stereocenters. The van der Waals surface area contributed by atoms with Gasteiger partial charge in [-0.05, 0) is 57.2 Å². The molecule has 1 amide bonds. The van der Waals surface area contributed by atoms with Crippen LogP contribution in [0, 0.1) is 5.92 Å². The van der Waals surface area contributed by atoms with Crippen molar-refractivity contribution in [3.8, 4) is 5.75 Å². The van der Waals surface area contributed by atoms with Gasteiger partial charge in [-0.25, -0.2) is 4.79 Å². The van der Waals surface area contributed by atoms with Crippen molar-refractivity contribution in [2.75, 3.05) is 6.61 Å². The second-order valence-electron chi connectivity index (χ2n) is 7.26. The van der Waals surface area contributed by atoms with Crippen LogP contribution in [0.3, 0.4) is 0 Å². The molecule has 0 aliphatic rings. The number of ether oxygens (including phenoxy) is 2. The number of amides is 1. The number of hydrogen-bond acceptors (Lipinski definition) is 3. The normalized spacial score (nSPS) is 11.4. The van der Waals surface area contributed by atoms with E-state index >= 15 is 0 Å². The molecule has 0 fully saturated rings. The van der Waals surface area contributed by atoms with Crippen LogP contribution in [-0.4, -0.2) is 18.3 Å². The van der Waals surface area contributed by atoms with Crippen LogP contribution in [0.2, 0.25) is 0 Å². The third kappa shape index (κ3) is 8.80. The Balaban J connectivity index is 2.49. The van der Waals surface area contributed by atoms with Crippen molar-refractivity contribution in [1.82, 2.24) is 5.32 Å². The van der Waals surface area contributed by atoms with Gasteiger partial charge in [0.05, 0.1) is 6.61 Å². The molecule has 0 bridgehead atoms. The van der Waals surface area contributed by atoms with Crippen molar-refractivity contribution < 1.29 is 14.3 Å². The van der Waals surface area contributed by atoms with Crippen LogP contribution in [0.25, 0.3) is 0 Å². The lowest BCUT2D eigenvalue weighted by atomic mass is 9.99. The fourth-order valence-corrected chi connectivity index (χ4v) is 2.58. The second-order valence-corrected chi connectivity index (χ2v) is 7.26. The van der Waals surface area contributed by atoms with E-state index < -0.39 is 11.7 Å². The van der Waals surface area contributed by atoms with Crippen LogP contribution in [0.1, 0.15) is 65.9 Å². The van der Waals surface area contributed by atoms with Crippen molar-refractivity contribution in [2.45, 2.75) is 72.4 Å². The predicted octanol–water partition coefficient (Wildman–Crippen LogP) is 5.31. The van der Waals surface area contributed by atoms with Crippen molar-refractivity contribution in [3.05, 3.63) is 29.8 Å². The average molecular weight is 335 g/mol. The van der Waals surface area contributed by atoms with Gasteiger partial charge in [0.25, 0.3) is 0 Å². The van der Waals surface area contributed by atoms with E-state index in [-0.39, 0.29) is 0 Å². The summed E-state index contributed by atoms with van der Waals surface area (Å²) in [6, 6.07) is 7.87. The van der Waals surface area contributed by atoms with Crippen LogP contribution in [0.5, 0.6) is 5.75 Å². The summed E-state index contributed by atoms with van der Waals surface area (Å²) in [5.41, 5.74) is 0.517. The van der Waals surface area contributed by atoms with Crippen LogP contribution in [0.15, 0.2) is 24.3 Å². The van der Waals surface area contributed by atoms with Gasteiger partial charge in [-0.3, -0.25) is 0 Å². The van der Waals surface area contributed by atoms with Gasteiger partial charge in [-0.15, -0.1) is 0 Å². The second kappa shape index (κ2) is 10.2. The molecular formula is C20H33NO3. The Labute approximate surface area is 146 Å². The fourth-order valence-electron chi connectivity index (χ4n) is 2.58. The Morgan fingerprint density at radius 1 is 1.17 bits per heavy atom. The van der Waals surface area contributed by atoms with Gasteiger partial charge in [0.15, 0.2) is 0 Å². The van der Waals surface area contributed by atoms with Gasteiger partial charge in [0.2, 0.25) is 0 Å². The predicted molar refractivity (Wildman–Crippen MR) is 98.3 cm³/mol. The minimum Gasteiger partial charge on any atom is -0.493 e. The van der Waals surface area contributed by atoms with E-state index in [1.165, 1.54) is 25.7 Å². The SMILES string of the molecule is CCCC(CCC)COc1cccc(CNC(=O)OC(C)(C)C)c1. The molecule has 24 heavy (non-hydrogen) atoms. The quantitative estimate of drug-likeness (QED) is 0.665. The lowest BCUT2D eigenvalue weighted by Gasteiger charge is -2.20. The summed E-state index contributed by atoms with van der Waals surface area (Å²) >= 11 is 0. The zero-order valence-corrected chi connectivity index (χ0v) is 15.9. The van der Waals surface area contributed by atoms with Gasteiger partial charge in [-0.1, -0.05) is 38.8 Å².